The van der Waals surface area contributed by atoms with Gasteiger partial charge in [-0.25, -0.2) is 14.6 Å². The third kappa shape index (κ3) is 4.55. The molecule has 148 valence electrons. The number of aromatic nitrogens is 2. The number of carbonyl (C=O) groups excluding carboxylic acids is 1. The number of hydrogen-bond donors (Lipinski definition) is 0. The summed E-state index contributed by atoms with van der Waals surface area (Å²) in [6, 6.07) is 14.1. The minimum atomic E-state index is -0.437. The molecule has 0 atom stereocenters. The van der Waals surface area contributed by atoms with Gasteiger partial charge in [-0.1, -0.05) is 18.2 Å². The summed E-state index contributed by atoms with van der Waals surface area (Å²) in [5.74, 6) is -0.278. The standard InChI is InChI=1S/C21H18N2O5S/c24-20(15-5-3-6-17(11-15)27-12-16-13-29-14-22-16)26-10-4-9-23-18-7-1-2-8-19(18)28-21(23)25/h1-3,5-8,11,13-14H,4,9-10,12H2. The fourth-order valence-electron chi connectivity index (χ4n) is 2.88. The van der Waals surface area contributed by atoms with Gasteiger partial charge in [-0.15, -0.1) is 11.3 Å². The fraction of sp³-hybridized carbons (Fsp3) is 0.190. The van der Waals surface area contributed by atoms with Gasteiger partial charge in [0.15, 0.2) is 5.58 Å². The minimum absolute atomic E-state index is 0.189. The maximum Gasteiger partial charge on any atom is 0.419 e. The summed E-state index contributed by atoms with van der Waals surface area (Å²) >= 11 is 1.50. The Labute approximate surface area is 170 Å². The Morgan fingerprint density at radius 1 is 1.17 bits per heavy atom. The monoisotopic (exact) mass is 410 g/mol. The number of carbonyl (C=O) groups is 1. The van der Waals surface area contributed by atoms with Gasteiger partial charge >= 0.3 is 11.7 Å². The highest BCUT2D eigenvalue weighted by Gasteiger charge is 2.11. The van der Waals surface area contributed by atoms with Crippen LogP contribution in [0.4, 0.5) is 0 Å². The minimum Gasteiger partial charge on any atom is -0.487 e. The van der Waals surface area contributed by atoms with Crippen LogP contribution < -0.4 is 10.5 Å². The Hall–Kier alpha value is -3.39. The average Bonchev–Trinajstić information content (AvgIpc) is 3.37. The van der Waals surface area contributed by atoms with Crippen LogP contribution in [0.5, 0.6) is 5.75 Å². The second-order valence-electron chi connectivity index (χ2n) is 6.27. The number of fused-ring (bicyclic) bond motifs is 1. The SMILES string of the molecule is O=C(OCCCn1c(=O)oc2ccccc21)c1cccc(OCc2cscn2)c1. The van der Waals surface area contributed by atoms with Crippen molar-refractivity contribution in [2.75, 3.05) is 6.61 Å². The third-order valence-electron chi connectivity index (χ3n) is 4.27. The number of nitrogens with zero attached hydrogens (tertiary/aromatic N) is 2. The van der Waals surface area contributed by atoms with Crippen molar-refractivity contribution in [3.05, 3.63) is 81.2 Å². The number of hydrogen-bond acceptors (Lipinski definition) is 7. The zero-order valence-corrected chi connectivity index (χ0v) is 16.3. The number of thiazole rings is 1. The molecule has 8 heteroatoms. The lowest BCUT2D eigenvalue weighted by Gasteiger charge is -2.08. The summed E-state index contributed by atoms with van der Waals surface area (Å²) in [7, 11) is 0. The molecule has 2 aromatic heterocycles. The van der Waals surface area contributed by atoms with Gasteiger partial charge in [0, 0.05) is 11.9 Å². The first kappa shape index (κ1) is 18.9. The van der Waals surface area contributed by atoms with Crippen molar-refractivity contribution < 1.29 is 18.7 Å². The number of aryl methyl sites for hydroxylation is 1. The van der Waals surface area contributed by atoms with Crippen molar-refractivity contribution in [1.82, 2.24) is 9.55 Å². The van der Waals surface area contributed by atoms with E-state index in [1.807, 2.05) is 23.6 Å². The predicted molar refractivity (Wildman–Crippen MR) is 108 cm³/mol. The molecule has 0 aliphatic heterocycles. The molecule has 0 radical (unpaired) electrons. The molecule has 0 amide bonds. The van der Waals surface area contributed by atoms with E-state index in [0.717, 1.165) is 11.2 Å². The average molecular weight is 410 g/mol. The molecule has 0 N–H and O–H groups in total. The van der Waals surface area contributed by atoms with Crippen molar-refractivity contribution in [3.63, 3.8) is 0 Å². The number of ether oxygens (including phenoxy) is 2. The molecule has 29 heavy (non-hydrogen) atoms. The number of rotatable bonds is 8. The Bertz CT molecular complexity index is 1160. The molecule has 4 aromatic rings. The first-order chi connectivity index (χ1) is 14.2. The highest BCUT2D eigenvalue weighted by atomic mass is 32.1. The smallest absolute Gasteiger partial charge is 0.419 e. The van der Waals surface area contributed by atoms with Crippen LogP contribution in [0.1, 0.15) is 22.5 Å². The van der Waals surface area contributed by atoms with Gasteiger partial charge in [-0.05, 0) is 36.8 Å². The topological polar surface area (TPSA) is 83.6 Å². The van der Waals surface area contributed by atoms with Crippen molar-refractivity contribution in [3.8, 4) is 5.75 Å². The van der Waals surface area contributed by atoms with Gasteiger partial charge in [0.1, 0.15) is 12.4 Å². The third-order valence-corrected chi connectivity index (χ3v) is 4.91. The summed E-state index contributed by atoms with van der Waals surface area (Å²) in [5, 5.41) is 1.91. The van der Waals surface area contributed by atoms with Crippen molar-refractivity contribution >= 4 is 28.4 Å². The molecule has 0 saturated carbocycles. The highest BCUT2D eigenvalue weighted by molar-refractivity contribution is 7.07. The van der Waals surface area contributed by atoms with Crippen LogP contribution >= 0.6 is 11.3 Å². The zero-order chi connectivity index (χ0) is 20.1. The van der Waals surface area contributed by atoms with Crippen molar-refractivity contribution in [2.45, 2.75) is 19.6 Å². The van der Waals surface area contributed by atoms with E-state index in [1.165, 1.54) is 15.9 Å². The Morgan fingerprint density at radius 2 is 2.07 bits per heavy atom. The van der Waals surface area contributed by atoms with E-state index in [0.29, 0.717) is 36.5 Å². The fourth-order valence-corrected chi connectivity index (χ4v) is 3.42. The molecule has 2 heterocycles. The van der Waals surface area contributed by atoms with Crippen LogP contribution in [0.25, 0.3) is 11.1 Å². The Kier molecular flexibility index (Phi) is 5.71. The van der Waals surface area contributed by atoms with E-state index in [2.05, 4.69) is 4.98 Å². The van der Waals surface area contributed by atoms with Gasteiger partial charge in [0.2, 0.25) is 0 Å². The van der Waals surface area contributed by atoms with Crippen LogP contribution in [0, 0.1) is 0 Å². The lowest BCUT2D eigenvalue weighted by Crippen LogP contribution is -2.16. The molecule has 0 fully saturated rings. The van der Waals surface area contributed by atoms with E-state index in [1.54, 1.807) is 35.8 Å². The molecule has 0 bridgehead atoms. The van der Waals surface area contributed by atoms with Gasteiger partial charge in [-0.2, -0.15) is 0 Å². The molecule has 2 aromatic carbocycles. The van der Waals surface area contributed by atoms with E-state index >= 15 is 0 Å². The zero-order valence-electron chi connectivity index (χ0n) is 15.4. The maximum atomic E-state index is 12.3. The molecule has 7 nitrogen and oxygen atoms in total. The van der Waals surface area contributed by atoms with Crippen molar-refractivity contribution in [1.29, 1.82) is 0 Å². The van der Waals surface area contributed by atoms with Crippen LogP contribution in [-0.4, -0.2) is 22.1 Å². The number of esters is 1. The second kappa shape index (κ2) is 8.74. The normalized spacial score (nSPS) is 10.9. The predicted octanol–water partition coefficient (Wildman–Crippen LogP) is 3.88. The molecule has 0 aliphatic carbocycles. The highest BCUT2D eigenvalue weighted by Crippen LogP contribution is 2.16. The maximum absolute atomic E-state index is 12.3. The largest absolute Gasteiger partial charge is 0.487 e. The molecule has 0 spiro atoms. The molecule has 0 unspecified atom stereocenters. The molecular formula is C21H18N2O5S. The van der Waals surface area contributed by atoms with E-state index in [4.69, 9.17) is 13.9 Å². The van der Waals surface area contributed by atoms with Crippen LogP contribution in [-0.2, 0) is 17.9 Å². The quantitative estimate of drug-likeness (QED) is 0.324. The summed E-state index contributed by atoms with van der Waals surface area (Å²) in [6.45, 7) is 0.935. The first-order valence-electron chi connectivity index (χ1n) is 9.06. The molecule has 4 rings (SSSR count). The van der Waals surface area contributed by atoms with Gasteiger partial charge < -0.3 is 13.9 Å². The molecular weight excluding hydrogens is 392 g/mol. The summed E-state index contributed by atoms with van der Waals surface area (Å²) < 4.78 is 17.7. The summed E-state index contributed by atoms with van der Waals surface area (Å²) in [4.78, 5) is 28.4. The van der Waals surface area contributed by atoms with Crippen molar-refractivity contribution in [2.24, 2.45) is 0 Å². The lowest BCUT2D eigenvalue weighted by molar-refractivity contribution is 0.0495. The molecule has 0 saturated heterocycles. The number of benzene rings is 2. The van der Waals surface area contributed by atoms with Gasteiger partial charge in [0.05, 0.1) is 28.9 Å². The number of para-hydroxylation sites is 2. The summed E-state index contributed by atoms with van der Waals surface area (Å²) in [5.41, 5.74) is 4.27. The number of oxazole rings is 1. The first-order valence-corrected chi connectivity index (χ1v) is 10.0. The Morgan fingerprint density at radius 3 is 2.93 bits per heavy atom. The summed E-state index contributed by atoms with van der Waals surface area (Å²) in [6.07, 6.45) is 0.495. The lowest BCUT2D eigenvalue weighted by atomic mass is 10.2. The van der Waals surface area contributed by atoms with E-state index in [9.17, 15) is 9.59 Å². The molecule has 0 aliphatic rings. The van der Waals surface area contributed by atoms with Crippen LogP contribution in [0.2, 0.25) is 0 Å². The van der Waals surface area contributed by atoms with Crippen LogP contribution in [0.3, 0.4) is 0 Å². The van der Waals surface area contributed by atoms with E-state index in [-0.39, 0.29) is 6.61 Å². The van der Waals surface area contributed by atoms with Gasteiger partial charge in [-0.3, -0.25) is 4.57 Å². The van der Waals surface area contributed by atoms with Crippen LogP contribution in [0.15, 0.2) is 68.6 Å². The second-order valence-corrected chi connectivity index (χ2v) is 6.99. The van der Waals surface area contributed by atoms with E-state index < -0.39 is 11.7 Å². The Balaban J connectivity index is 1.30. The van der Waals surface area contributed by atoms with Gasteiger partial charge in [0.25, 0.3) is 0 Å².